The number of aromatic nitrogens is 2. The smallest absolute Gasteiger partial charge is 0.264 e. The van der Waals surface area contributed by atoms with E-state index in [2.05, 4.69) is 9.71 Å². The highest BCUT2D eigenvalue weighted by atomic mass is 32.2. The normalized spacial score (nSPS) is 11.7. The van der Waals surface area contributed by atoms with E-state index >= 15 is 0 Å². The summed E-state index contributed by atoms with van der Waals surface area (Å²) >= 11 is 0. The third-order valence-corrected chi connectivity index (χ3v) is 5.03. The Hall–Kier alpha value is -2.34. The van der Waals surface area contributed by atoms with Crippen molar-refractivity contribution in [3.8, 4) is 0 Å². The fraction of sp³-hybridized carbons (Fsp3) is 0.235. The van der Waals surface area contributed by atoms with E-state index in [1.807, 2.05) is 30.5 Å². The Kier molecular flexibility index (Phi) is 4.09. The minimum Gasteiger partial charge on any atom is -0.331 e. The van der Waals surface area contributed by atoms with Gasteiger partial charge in [0, 0.05) is 30.0 Å². The van der Waals surface area contributed by atoms with Gasteiger partial charge < -0.3 is 4.57 Å². The minimum atomic E-state index is -3.67. The number of hydrogen-bond acceptors (Lipinski definition) is 3. The maximum Gasteiger partial charge on any atom is 0.264 e. The van der Waals surface area contributed by atoms with Crippen LogP contribution in [0, 0.1) is 6.92 Å². The van der Waals surface area contributed by atoms with E-state index in [0.717, 1.165) is 18.5 Å². The van der Waals surface area contributed by atoms with Crippen LogP contribution in [-0.2, 0) is 16.6 Å². The van der Waals surface area contributed by atoms with Gasteiger partial charge in [-0.3, -0.25) is 4.72 Å². The molecule has 0 aliphatic heterocycles. The highest BCUT2D eigenvalue weighted by Gasteiger charge is 2.21. The molecule has 0 amide bonds. The highest BCUT2D eigenvalue weighted by molar-refractivity contribution is 7.93. The topological polar surface area (TPSA) is 64.0 Å². The maximum atomic E-state index is 12.8. The van der Waals surface area contributed by atoms with Crippen molar-refractivity contribution in [1.82, 2.24) is 9.55 Å². The monoisotopic (exact) mass is 329 g/mol. The van der Waals surface area contributed by atoms with E-state index < -0.39 is 10.0 Å². The fourth-order valence-corrected chi connectivity index (χ4v) is 3.90. The molecule has 120 valence electrons. The van der Waals surface area contributed by atoms with Gasteiger partial charge in [0.1, 0.15) is 10.5 Å². The molecule has 5 nitrogen and oxygen atoms in total. The third kappa shape index (κ3) is 3.07. The lowest BCUT2D eigenvalue weighted by molar-refractivity contribution is 0.601. The van der Waals surface area contributed by atoms with Gasteiger partial charge in [0.25, 0.3) is 10.0 Å². The Balaban J connectivity index is 2.08. The van der Waals surface area contributed by atoms with Gasteiger partial charge in [-0.2, -0.15) is 0 Å². The lowest BCUT2D eigenvalue weighted by Gasteiger charge is -2.07. The number of anilines is 1. The number of nitrogens with zero attached hydrogens (tertiary/aromatic N) is 2. The molecule has 1 aromatic carbocycles. The van der Waals surface area contributed by atoms with Crippen LogP contribution in [0.15, 0.2) is 53.7 Å². The van der Waals surface area contributed by atoms with Crippen molar-refractivity contribution in [2.24, 2.45) is 0 Å². The predicted molar refractivity (Wildman–Crippen MR) is 92.0 cm³/mol. The molecule has 0 unspecified atom stereocenters. The van der Waals surface area contributed by atoms with Gasteiger partial charge in [-0.25, -0.2) is 13.4 Å². The van der Waals surface area contributed by atoms with Crippen molar-refractivity contribution in [3.63, 3.8) is 0 Å². The molecule has 2 aromatic heterocycles. The standard InChI is InChI=1S/C17H19N3O2S/c1-3-10-20-12-16(15-8-5-9-18-17(15)20)23(21,22)19-14-7-4-6-13(2)11-14/h4-9,11-12,19H,3,10H2,1-2H3. The number of pyridine rings is 1. The van der Waals surface area contributed by atoms with Gasteiger partial charge in [-0.05, 0) is 43.2 Å². The molecule has 0 atom stereocenters. The number of rotatable bonds is 5. The van der Waals surface area contributed by atoms with Crippen LogP contribution < -0.4 is 4.72 Å². The van der Waals surface area contributed by atoms with E-state index in [1.54, 1.807) is 36.7 Å². The van der Waals surface area contributed by atoms with Crippen LogP contribution in [0.3, 0.4) is 0 Å². The zero-order chi connectivity index (χ0) is 16.4. The Morgan fingerprint density at radius 1 is 1.22 bits per heavy atom. The zero-order valence-electron chi connectivity index (χ0n) is 13.2. The molecule has 6 heteroatoms. The van der Waals surface area contributed by atoms with Crippen LogP contribution in [0.2, 0.25) is 0 Å². The molecule has 1 N–H and O–H groups in total. The summed E-state index contributed by atoms with van der Waals surface area (Å²) in [5.41, 5.74) is 2.25. The summed E-state index contributed by atoms with van der Waals surface area (Å²) in [4.78, 5) is 4.59. The Morgan fingerprint density at radius 2 is 2.04 bits per heavy atom. The van der Waals surface area contributed by atoms with Crippen molar-refractivity contribution in [3.05, 3.63) is 54.4 Å². The van der Waals surface area contributed by atoms with E-state index in [0.29, 0.717) is 16.7 Å². The number of benzene rings is 1. The summed E-state index contributed by atoms with van der Waals surface area (Å²) in [5, 5.41) is 0.640. The quantitative estimate of drug-likeness (QED) is 0.778. The predicted octanol–water partition coefficient (Wildman–Crippen LogP) is 3.56. The molecule has 0 bridgehead atoms. The average Bonchev–Trinajstić information content (AvgIpc) is 2.87. The van der Waals surface area contributed by atoms with Gasteiger partial charge >= 0.3 is 0 Å². The second-order valence-electron chi connectivity index (χ2n) is 5.54. The molecule has 2 heterocycles. The zero-order valence-corrected chi connectivity index (χ0v) is 14.0. The summed E-state index contributed by atoms with van der Waals surface area (Å²) < 4.78 is 30.1. The van der Waals surface area contributed by atoms with Crippen LogP contribution in [-0.4, -0.2) is 18.0 Å². The van der Waals surface area contributed by atoms with Crippen LogP contribution in [0.1, 0.15) is 18.9 Å². The first-order valence-corrected chi connectivity index (χ1v) is 9.03. The molecule has 0 radical (unpaired) electrons. The molecular formula is C17H19N3O2S. The lowest BCUT2D eigenvalue weighted by atomic mass is 10.2. The SMILES string of the molecule is CCCn1cc(S(=O)(=O)Nc2cccc(C)c2)c2cccnc21. The number of hydrogen-bond donors (Lipinski definition) is 1. The summed E-state index contributed by atoms with van der Waals surface area (Å²) in [6.45, 7) is 4.70. The molecule has 3 rings (SSSR count). The fourth-order valence-electron chi connectivity index (χ4n) is 2.63. The molecule has 0 saturated heterocycles. The van der Waals surface area contributed by atoms with Crippen molar-refractivity contribution in [2.75, 3.05) is 4.72 Å². The molecular weight excluding hydrogens is 310 g/mol. The number of fused-ring (bicyclic) bond motifs is 1. The van der Waals surface area contributed by atoms with Crippen LogP contribution >= 0.6 is 0 Å². The van der Waals surface area contributed by atoms with E-state index in [4.69, 9.17) is 0 Å². The number of nitrogens with one attached hydrogen (secondary N) is 1. The Morgan fingerprint density at radius 3 is 2.78 bits per heavy atom. The molecule has 3 aromatic rings. The van der Waals surface area contributed by atoms with E-state index in [-0.39, 0.29) is 4.90 Å². The first-order valence-electron chi connectivity index (χ1n) is 7.54. The summed E-state index contributed by atoms with van der Waals surface area (Å²) in [6, 6.07) is 10.8. The van der Waals surface area contributed by atoms with Gasteiger partial charge in [0.15, 0.2) is 0 Å². The molecule has 0 fully saturated rings. The van der Waals surface area contributed by atoms with Gasteiger partial charge in [-0.15, -0.1) is 0 Å². The van der Waals surface area contributed by atoms with Crippen LogP contribution in [0.5, 0.6) is 0 Å². The largest absolute Gasteiger partial charge is 0.331 e. The molecule has 0 spiro atoms. The second-order valence-corrected chi connectivity index (χ2v) is 7.19. The minimum absolute atomic E-state index is 0.260. The first kappa shape index (κ1) is 15.6. The average molecular weight is 329 g/mol. The van der Waals surface area contributed by atoms with E-state index in [9.17, 15) is 8.42 Å². The summed E-state index contributed by atoms with van der Waals surface area (Å²) in [7, 11) is -3.67. The van der Waals surface area contributed by atoms with Crippen molar-refractivity contribution >= 4 is 26.7 Å². The third-order valence-electron chi connectivity index (χ3n) is 3.62. The Bertz CT molecular complexity index is 945. The van der Waals surface area contributed by atoms with Crippen LogP contribution in [0.25, 0.3) is 11.0 Å². The van der Waals surface area contributed by atoms with Gasteiger partial charge in [-0.1, -0.05) is 19.1 Å². The van der Waals surface area contributed by atoms with E-state index in [1.165, 1.54) is 0 Å². The van der Waals surface area contributed by atoms with Gasteiger partial charge in [0.05, 0.1) is 0 Å². The Labute approximate surface area is 136 Å². The maximum absolute atomic E-state index is 12.8. The molecule has 23 heavy (non-hydrogen) atoms. The number of aryl methyl sites for hydroxylation is 2. The summed E-state index contributed by atoms with van der Waals surface area (Å²) in [5.74, 6) is 0. The van der Waals surface area contributed by atoms with Crippen LogP contribution in [0.4, 0.5) is 5.69 Å². The number of sulfonamides is 1. The second kappa shape index (κ2) is 6.04. The molecule has 0 aliphatic carbocycles. The van der Waals surface area contributed by atoms with Gasteiger partial charge in [0.2, 0.25) is 0 Å². The lowest BCUT2D eigenvalue weighted by Crippen LogP contribution is -2.12. The molecule has 0 aliphatic rings. The van der Waals surface area contributed by atoms with Crippen molar-refractivity contribution in [2.45, 2.75) is 31.7 Å². The van der Waals surface area contributed by atoms with Crippen molar-refractivity contribution in [1.29, 1.82) is 0 Å². The first-order chi connectivity index (χ1) is 11.0. The van der Waals surface area contributed by atoms with Crippen molar-refractivity contribution < 1.29 is 8.42 Å². The summed E-state index contributed by atoms with van der Waals surface area (Å²) in [6.07, 6.45) is 4.25. The highest BCUT2D eigenvalue weighted by Crippen LogP contribution is 2.26. The molecule has 0 saturated carbocycles.